The Balaban J connectivity index is 1.40. The number of anilines is 1. The average Bonchev–Trinajstić information content (AvgIpc) is 3.29. The molecule has 1 aromatic heterocycles. The number of amides is 2. The second-order valence-corrected chi connectivity index (χ2v) is 6.39. The molecule has 2 amide bonds. The van der Waals surface area contributed by atoms with Crippen LogP contribution in [0.25, 0.3) is 11.4 Å². The van der Waals surface area contributed by atoms with Gasteiger partial charge in [0.05, 0.1) is 0 Å². The smallest absolute Gasteiger partial charge is 0.322 e. The molecule has 0 atom stereocenters. The number of benzene rings is 2. The first kappa shape index (κ1) is 16.3. The van der Waals surface area contributed by atoms with Gasteiger partial charge in [0.1, 0.15) is 0 Å². The number of hydrogen-bond acceptors (Lipinski definition) is 4. The van der Waals surface area contributed by atoms with Gasteiger partial charge in [0.15, 0.2) is 0 Å². The predicted octanol–water partition coefficient (Wildman–Crippen LogP) is 4.24. The highest BCUT2D eigenvalue weighted by atomic mass is 16.5. The average molecular weight is 348 g/mol. The molecule has 0 saturated carbocycles. The van der Waals surface area contributed by atoms with E-state index < -0.39 is 0 Å². The van der Waals surface area contributed by atoms with Crippen LogP contribution in [-0.2, 0) is 19.5 Å². The number of carbonyl (C=O) groups is 1. The van der Waals surface area contributed by atoms with E-state index in [-0.39, 0.29) is 6.03 Å². The van der Waals surface area contributed by atoms with E-state index in [0.29, 0.717) is 24.8 Å². The fraction of sp³-hybridized carbons (Fsp3) is 0.250. The number of hydrogen-bond donors (Lipinski definition) is 1. The van der Waals surface area contributed by atoms with E-state index in [1.165, 1.54) is 11.1 Å². The van der Waals surface area contributed by atoms with Crippen LogP contribution in [0.4, 0.5) is 10.5 Å². The number of rotatable bonds is 4. The summed E-state index contributed by atoms with van der Waals surface area (Å²) >= 11 is 0. The molecule has 0 spiro atoms. The maximum atomic E-state index is 12.5. The first-order valence-corrected chi connectivity index (χ1v) is 8.78. The van der Waals surface area contributed by atoms with Crippen molar-refractivity contribution in [2.75, 3.05) is 5.32 Å². The van der Waals surface area contributed by atoms with Gasteiger partial charge in [-0.2, -0.15) is 4.98 Å². The SMILES string of the molecule is CCCc1nc(-c2ccc(NC(=O)N3Cc4ccccc4C3)cc2)no1. The minimum Gasteiger partial charge on any atom is -0.339 e. The number of urea groups is 1. The van der Waals surface area contributed by atoms with Gasteiger partial charge < -0.3 is 14.7 Å². The Kier molecular flexibility index (Phi) is 4.39. The van der Waals surface area contributed by atoms with Crippen molar-refractivity contribution in [1.29, 1.82) is 0 Å². The number of fused-ring (bicyclic) bond motifs is 1. The molecule has 6 nitrogen and oxygen atoms in total. The Bertz CT molecular complexity index is 893. The second kappa shape index (κ2) is 7.00. The molecule has 26 heavy (non-hydrogen) atoms. The molecule has 0 saturated heterocycles. The Hall–Kier alpha value is -3.15. The van der Waals surface area contributed by atoms with Crippen molar-refractivity contribution in [3.63, 3.8) is 0 Å². The van der Waals surface area contributed by atoms with Crippen molar-refractivity contribution in [3.8, 4) is 11.4 Å². The van der Waals surface area contributed by atoms with E-state index in [9.17, 15) is 4.79 Å². The molecule has 3 aromatic rings. The van der Waals surface area contributed by atoms with Crippen molar-refractivity contribution in [2.45, 2.75) is 32.9 Å². The highest BCUT2D eigenvalue weighted by Crippen LogP contribution is 2.24. The fourth-order valence-electron chi connectivity index (χ4n) is 3.07. The Morgan fingerprint density at radius 2 is 1.81 bits per heavy atom. The highest BCUT2D eigenvalue weighted by molar-refractivity contribution is 5.90. The monoisotopic (exact) mass is 348 g/mol. The number of nitrogens with one attached hydrogen (secondary N) is 1. The quantitative estimate of drug-likeness (QED) is 0.765. The molecule has 0 radical (unpaired) electrons. The van der Waals surface area contributed by atoms with Gasteiger partial charge in [-0.15, -0.1) is 0 Å². The zero-order chi connectivity index (χ0) is 17.9. The molecule has 0 aliphatic carbocycles. The van der Waals surface area contributed by atoms with Crippen LogP contribution in [0.5, 0.6) is 0 Å². The molecular weight excluding hydrogens is 328 g/mol. The van der Waals surface area contributed by atoms with Gasteiger partial charge in [-0.3, -0.25) is 0 Å². The third-order valence-corrected chi connectivity index (χ3v) is 4.45. The zero-order valence-corrected chi connectivity index (χ0v) is 14.6. The standard InChI is InChI=1S/C20H20N4O2/c1-2-5-18-22-19(23-26-18)14-8-10-17(11-9-14)21-20(25)24-12-15-6-3-4-7-16(15)13-24/h3-4,6-11H,2,5,12-13H2,1H3,(H,21,25). The van der Waals surface area contributed by atoms with E-state index in [1.807, 2.05) is 36.4 Å². The van der Waals surface area contributed by atoms with Crippen LogP contribution in [0.15, 0.2) is 53.1 Å². The van der Waals surface area contributed by atoms with Crippen molar-refractivity contribution in [1.82, 2.24) is 15.0 Å². The van der Waals surface area contributed by atoms with Crippen LogP contribution < -0.4 is 5.32 Å². The molecule has 6 heteroatoms. The van der Waals surface area contributed by atoms with Crippen molar-refractivity contribution in [2.24, 2.45) is 0 Å². The lowest BCUT2D eigenvalue weighted by Gasteiger charge is -2.16. The van der Waals surface area contributed by atoms with E-state index in [0.717, 1.165) is 24.1 Å². The van der Waals surface area contributed by atoms with Gasteiger partial charge in [0.2, 0.25) is 11.7 Å². The third kappa shape index (κ3) is 3.31. The molecule has 4 rings (SSSR count). The summed E-state index contributed by atoms with van der Waals surface area (Å²) in [6.45, 7) is 3.35. The van der Waals surface area contributed by atoms with Crippen molar-refractivity contribution in [3.05, 3.63) is 65.5 Å². The lowest BCUT2D eigenvalue weighted by molar-refractivity contribution is 0.212. The third-order valence-electron chi connectivity index (χ3n) is 4.45. The maximum absolute atomic E-state index is 12.5. The molecule has 0 bridgehead atoms. The van der Waals surface area contributed by atoms with E-state index in [2.05, 4.69) is 34.5 Å². The van der Waals surface area contributed by atoms with Crippen LogP contribution in [-0.4, -0.2) is 21.1 Å². The van der Waals surface area contributed by atoms with Crippen LogP contribution >= 0.6 is 0 Å². The lowest BCUT2D eigenvalue weighted by Crippen LogP contribution is -2.30. The molecule has 132 valence electrons. The van der Waals surface area contributed by atoms with Crippen LogP contribution in [0, 0.1) is 0 Å². The second-order valence-electron chi connectivity index (χ2n) is 6.39. The summed E-state index contributed by atoms with van der Waals surface area (Å²) in [6.07, 6.45) is 1.74. The Morgan fingerprint density at radius 3 is 2.46 bits per heavy atom. The van der Waals surface area contributed by atoms with Gasteiger partial charge in [0.25, 0.3) is 0 Å². The minimum atomic E-state index is -0.0984. The summed E-state index contributed by atoms with van der Waals surface area (Å²) in [5.41, 5.74) is 4.02. The fourth-order valence-corrected chi connectivity index (χ4v) is 3.07. The van der Waals surface area contributed by atoms with E-state index >= 15 is 0 Å². The zero-order valence-electron chi connectivity index (χ0n) is 14.6. The first-order chi connectivity index (χ1) is 12.7. The predicted molar refractivity (Wildman–Crippen MR) is 98.4 cm³/mol. The van der Waals surface area contributed by atoms with E-state index in [4.69, 9.17) is 4.52 Å². The summed E-state index contributed by atoms with van der Waals surface area (Å²) < 4.78 is 5.21. The van der Waals surface area contributed by atoms with Crippen LogP contribution in [0.1, 0.15) is 30.4 Å². The summed E-state index contributed by atoms with van der Waals surface area (Å²) in [5, 5.41) is 6.95. The Labute approximate surface area is 151 Å². The summed E-state index contributed by atoms with van der Waals surface area (Å²) in [5.74, 6) is 1.22. The minimum absolute atomic E-state index is 0.0984. The van der Waals surface area contributed by atoms with Gasteiger partial charge >= 0.3 is 6.03 Å². The van der Waals surface area contributed by atoms with Gasteiger partial charge in [-0.1, -0.05) is 36.3 Å². The van der Waals surface area contributed by atoms with E-state index in [1.54, 1.807) is 4.90 Å². The highest BCUT2D eigenvalue weighted by Gasteiger charge is 2.22. The van der Waals surface area contributed by atoms with Crippen molar-refractivity contribution >= 4 is 11.7 Å². The topological polar surface area (TPSA) is 71.3 Å². The number of carbonyl (C=O) groups excluding carboxylic acids is 1. The normalized spacial score (nSPS) is 12.9. The number of aromatic nitrogens is 2. The molecule has 0 unspecified atom stereocenters. The summed E-state index contributed by atoms with van der Waals surface area (Å²) in [6, 6.07) is 15.5. The van der Waals surface area contributed by atoms with Gasteiger partial charge in [-0.05, 0) is 41.8 Å². The summed E-state index contributed by atoms with van der Waals surface area (Å²) in [7, 11) is 0. The lowest BCUT2D eigenvalue weighted by atomic mass is 10.1. The molecular formula is C20H20N4O2. The molecule has 2 heterocycles. The Morgan fingerprint density at radius 1 is 1.12 bits per heavy atom. The van der Waals surface area contributed by atoms with Crippen molar-refractivity contribution < 1.29 is 9.32 Å². The molecule has 2 aromatic carbocycles. The van der Waals surface area contributed by atoms with Gasteiger partial charge in [0, 0.05) is 30.8 Å². The molecule has 1 aliphatic heterocycles. The maximum Gasteiger partial charge on any atom is 0.322 e. The molecule has 0 fully saturated rings. The number of aryl methyl sites for hydroxylation is 1. The summed E-state index contributed by atoms with van der Waals surface area (Å²) in [4.78, 5) is 18.7. The van der Waals surface area contributed by atoms with Gasteiger partial charge in [-0.25, -0.2) is 4.79 Å². The number of nitrogens with zero attached hydrogens (tertiary/aromatic N) is 3. The molecule has 1 N–H and O–H groups in total. The first-order valence-electron chi connectivity index (χ1n) is 8.78. The largest absolute Gasteiger partial charge is 0.339 e. The van der Waals surface area contributed by atoms with Crippen LogP contribution in [0.3, 0.4) is 0 Å². The van der Waals surface area contributed by atoms with Crippen LogP contribution in [0.2, 0.25) is 0 Å². The molecule has 1 aliphatic rings.